The van der Waals surface area contributed by atoms with Crippen molar-refractivity contribution in [1.29, 1.82) is 0 Å². The number of fused-ring (bicyclic) bond motifs is 2. The van der Waals surface area contributed by atoms with Crippen molar-refractivity contribution in [1.82, 2.24) is 0 Å². The van der Waals surface area contributed by atoms with Gasteiger partial charge in [-0.05, 0) is 47.9 Å². The van der Waals surface area contributed by atoms with Crippen molar-refractivity contribution in [3.05, 3.63) is 88.0 Å². The predicted octanol–water partition coefficient (Wildman–Crippen LogP) is 4.37. The summed E-state index contributed by atoms with van der Waals surface area (Å²) >= 11 is 0. The number of esters is 1. The molecule has 13 heteroatoms. The first-order valence-electron chi connectivity index (χ1n) is 16.0. The lowest BCUT2D eigenvalue weighted by Crippen LogP contribution is -2.54. The van der Waals surface area contributed by atoms with E-state index in [-0.39, 0.29) is 42.6 Å². The van der Waals surface area contributed by atoms with Gasteiger partial charge in [0.05, 0.1) is 44.9 Å². The predicted molar refractivity (Wildman–Crippen MR) is 180 cm³/mol. The largest absolute Gasteiger partial charge is 0.497 e. The van der Waals surface area contributed by atoms with Crippen molar-refractivity contribution in [2.45, 2.75) is 69.8 Å². The molecule has 2 saturated heterocycles. The minimum atomic E-state index is -2.43. The molecule has 3 aromatic carbocycles. The van der Waals surface area contributed by atoms with E-state index in [1.54, 1.807) is 36.3 Å². The van der Waals surface area contributed by atoms with Crippen LogP contribution in [-0.2, 0) is 36.0 Å². The van der Waals surface area contributed by atoms with Crippen LogP contribution in [0.25, 0.3) is 0 Å². The first kappa shape index (κ1) is 33.3. The molecule has 3 aromatic rings. The molecule has 1 spiro atoms. The smallest absolute Gasteiger partial charge is 0.304 e. The molecular weight excluding hydrogens is 634 g/mol. The minimum Gasteiger partial charge on any atom is -0.497 e. The Bertz CT molecular complexity index is 1780. The molecule has 1 N–H and O–H groups in total. The zero-order valence-corrected chi connectivity index (χ0v) is 28.5. The van der Waals surface area contributed by atoms with Crippen LogP contribution in [0.3, 0.4) is 0 Å². The monoisotopic (exact) mass is 673 g/mol. The molecule has 3 heterocycles. The highest BCUT2D eigenvalue weighted by Gasteiger charge is 2.66. The van der Waals surface area contributed by atoms with E-state index in [0.717, 1.165) is 10.9 Å². The lowest BCUT2D eigenvalue weighted by molar-refractivity contribution is -0.385. The van der Waals surface area contributed by atoms with Gasteiger partial charge in [-0.1, -0.05) is 49.5 Å². The Morgan fingerprint density at radius 2 is 1.85 bits per heavy atom. The van der Waals surface area contributed by atoms with E-state index in [1.165, 1.54) is 24.0 Å². The molecule has 3 aliphatic rings. The SMILES string of the molecule is COc1ccc([Si](C)(C)[C@@H]2[C@@H](CCO)O[C@]3(C(=O)N(Cc4cccc(N5C(=O)CC5OC(C)=O)c4)c4ccc([N+](=O)[O-])cc43)[C@H]2C)cc1. The maximum Gasteiger partial charge on any atom is 0.304 e. The maximum atomic E-state index is 14.9. The lowest BCUT2D eigenvalue weighted by atomic mass is 9.82. The Kier molecular flexibility index (Phi) is 8.64. The third-order valence-corrected chi connectivity index (χ3v) is 14.5. The van der Waals surface area contributed by atoms with Crippen molar-refractivity contribution in [3.8, 4) is 5.75 Å². The fraction of sp³-hybridized carbons (Fsp3) is 0.400. The van der Waals surface area contributed by atoms with Crippen LogP contribution in [0.1, 0.15) is 37.8 Å². The van der Waals surface area contributed by atoms with E-state index >= 15 is 0 Å². The minimum absolute atomic E-state index is 0.0880. The van der Waals surface area contributed by atoms with Crippen molar-refractivity contribution >= 4 is 48.1 Å². The van der Waals surface area contributed by atoms with Gasteiger partial charge in [-0.25, -0.2) is 0 Å². The summed E-state index contributed by atoms with van der Waals surface area (Å²) in [6.07, 6.45) is -0.792. The number of nitro benzene ring substituents is 1. The second kappa shape index (κ2) is 12.5. The second-order valence-corrected chi connectivity index (χ2v) is 17.9. The molecule has 0 aliphatic carbocycles. The molecule has 3 aliphatic heterocycles. The fourth-order valence-electron chi connectivity index (χ4n) is 7.94. The standard InChI is InChI=1S/C35H39N3O9Si/c1-21-33(48(4,5)27-12-10-26(45-3)11-13-27)30(15-16-39)47-35(21)28-18-25(38(43)44)9-14-29(28)36(34(35)42)20-23-7-6-8-24(17-23)37-31(41)19-32(37)46-22(2)40/h6-14,17-18,21,30,32-33,39H,15-16,19-20H2,1-5H3/t21-,30+,32?,33-,35+/m0/s1. The van der Waals surface area contributed by atoms with Gasteiger partial charge in [0.15, 0.2) is 11.8 Å². The van der Waals surface area contributed by atoms with Crippen molar-refractivity contribution in [3.63, 3.8) is 0 Å². The molecule has 48 heavy (non-hydrogen) atoms. The fourth-order valence-corrected chi connectivity index (χ4v) is 12.0. The summed E-state index contributed by atoms with van der Waals surface area (Å²) in [5.74, 6) is -0.682. The summed E-state index contributed by atoms with van der Waals surface area (Å²) in [7, 11) is -0.823. The van der Waals surface area contributed by atoms with Gasteiger partial charge >= 0.3 is 5.97 Å². The van der Waals surface area contributed by atoms with Gasteiger partial charge in [-0.3, -0.25) is 29.4 Å². The molecule has 2 amide bonds. The van der Waals surface area contributed by atoms with Crippen molar-refractivity contribution in [2.75, 3.05) is 23.5 Å². The number of anilines is 2. The number of benzene rings is 3. The summed E-state index contributed by atoms with van der Waals surface area (Å²) in [6.45, 7) is 7.67. The molecule has 0 aromatic heterocycles. The Morgan fingerprint density at radius 1 is 1.12 bits per heavy atom. The molecule has 6 rings (SSSR count). The van der Waals surface area contributed by atoms with Gasteiger partial charge in [-0.2, -0.15) is 0 Å². The number of carbonyl (C=O) groups is 3. The van der Waals surface area contributed by atoms with E-state index in [1.807, 2.05) is 37.3 Å². The molecule has 1 unspecified atom stereocenters. The maximum absolute atomic E-state index is 14.9. The lowest BCUT2D eigenvalue weighted by Gasteiger charge is -2.39. The number of methoxy groups -OCH3 is 1. The highest BCUT2D eigenvalue weighted by molar-refractivity contribution is 6.91. The number of nitrogens with zero attached hydrogens (tertiary/aromatic N) is 3. The van der Waals surface area contributed by atoms with Gasteiger partial charge in [0.1, 0.15) is 5.75 Å². The Balaban J connectivity index is 1.40. The summed E-state index contributed by atoms with van der Waals surface area (Å²) < 4.78 is 17.5. The first-order chi connectivity index (χ1) is 22.8. The number of rotatable bonds is 10. The Hall–Kier alpha value is -4.59. The summed E-state index contributed by atoms with van der Waals surface area (Å²) in [5.41, 5.74) is 0.367. The number of nitro groups is 1. The first-order valence-corrected chi connectivity index (χ1v) is 19.0. The van der Waals surface area contributed by atoms with E-state index in [0.29, 0.717) is 28.9 Å². The number of ether oxygens (including phenoxy) is 3. The van der Waals surface area contributed by atoms with Crippen LogP contribution >= 0.6 is 0 Å². The van der Waals surface area contributed by atoms with Crippen molar-refractivity contribution < 1.29 is 38.6 Å². The molecule has 252 valence electrons. The van der Waals surface area contributed by atoms with Crippen LogP contribution in [0.4, 0.5) is 17.1 Å². The molecule has 0 saturated carbocycles. The van der Waals surface area contributed by atoms with E-state index in [9.17, 15) is 29.6 Å². The third kappa shape index (κ3) is 5.35. The molecular formula is C35H39N3O9Si. The quantitative estimate of drug-likeness (QED) is 0.109. The van der Waals surface area contributed by atoms with Crippen molar-refractivity contribution in [2.24, 2.45) is 5.92 Å². The number of aliphatic hydroxyl groups excluding tert-OH is 1. The Labute approximate surface area is 279 Å². The third-order valence-electron chi connectivity index (χ3n) is 10.2. The second-order valence-electron chi connectivity index (χ2n) is 13.2. The van der Waals surface area contributed by atoms with Crippen LogP contribution in [-0.4, -0.2) is 61.9 Å². The van der Waals surface area contributed by atoms with Gasteiger partial charge < -0.3 is 24.2 Å². The molecule has 2 fully saturated rings. The number of carbonyl (C=O) groups excluding carboxylic acids is 3. The van der Waals surface area contributed by atoms with E-state index in [4.69, 9.17) is 14.2 Å². The van der Waals surface area contributed by atoms with Crippen LogP contribution in [0.2, 0.25) is 18.6 Å². The number of hydrogen-bond acceptors (Lipinski definition) is 9. The van der Waals surface area contributed by atoms with Gasteiger partial charge in [-0.15, -0.1) is 0 Å². The Morgan fingerprint density at radius 3 is 2.48 bits per heavy atom. The summed E-state index contributed by atoms with van der Waals surface area (Å²) in [4.78, 5) is 53.5. The topological polar surface area (TPSA) is 149 Å². The number of aliphatic hydroxyl groups is 1. The molecule has 5 atom stereocenters. The van der Waals surface area contributed by atoms with Gasteiger partial charge in [0.25, 0.3) is 11.6 Å². The number of β-lactam (4-membered cyclic amide) rings is 1. The van der Waals surface area contributed by atoms with Gasteiger partial charge in [0.2, 0.25) is 5.91 Å². The van der Waals surface area contributed by atoms with Crippen LogP contribution in [0, 0.1) is 16.0 Å². The normalized spacial score (nSPS) is 24.9. The molecule has 12 nitrogen and oxygen atoms in total. The number of non-ortho nitro benzene ring substituents is 1. The highest BCUT2D eigenvalue weighted by atomic mass is 28.3. The molecule has 0 bridgehead atoms. The zero-order chi connectivity index (χ0) is 34.5. The van der Waals surface area contributed by atoms with E-state index in [2.05, 4.69) is 13.1 Å². The van der Waals surface area contributed by atoms with Crippen LogP contribution in [0.15, 0.2) is 66.7 Å². The molecule has 0 radical (unpaired) electrons. The average Bonchev–Trinajstić information content (AvgIpc) is 3.47. The van der Waals surface area contributed by atoms with Gasteiger partial charge in [0, 0.05) is 42.8 Å². The van der Waals surface area contributed by atoms with Crippen LogP contribution in [0.5, 0.6) is 5.75 Å². The zero-order valence-electron chi connectivity index (χ0n) is 27.5. The van der Waals surface area contributed by atoms with E-state index < -0.39 is 42.8 Å². The highest BCUT2D eigenvalue weighted by Crippen LogP contribution is 2.60. The summed E-state index contributed by atoms with van der Waals surface area (Å²) in [5, 5.41) is 23.3. The van der Waals surface area contributed by atoms with Crippen LogP contribution < -0.4 is 19.7 Å². The number of amides is 2. The summed E-state index contributed by atoms with van der Waals surface area (Å²) in [6, 6.07) is 19.4. The average molecular weight is 674 g/mol. The number of hydrogen-bond donors (Lipinski definition) is 1.